The molecule has 0 unspecified atom stereocenters. The van der Waals surface area contributed by atoms with Gasteiger partial charge >= 0.3 is 0 Å². The van der Waals surface area contributed by atoms with Crippen LogP contribution in [0.2, 0.25) is 0 Å². The van der Waals surface area contributed by atoms with Crippen molar-refractivity contribution in [3.05, 3.63) is 24.2 Å². The lowest BCUT2D eigenvalue weighted by Crippen LogP contribution is -2.29. The highest BCUT2D eigenvalue weighted by molar-refractivity contribution is 7.23. The highest BCUT2D eigenvalue weighted by Gasteiger charge is 2.20. The van der Waals surface area contributed by atoms with Crippen LogP contribution in [0.15, 0.2) is 18.3 Å². The second-order valence-electron chi connectivity index (χ2n) is 6.10. The predicted octanol–water partition coefficient (Wildman–Crippen LogP) is 2.52. The van der Waals surface area contributed by atoms with Gasteiger partial charge in [0, 0.05) is 26.7 Å². The van der Waals surface area contributed by atoms with E-state index in [1.165, 1.54) is 0 Å². The number of fused-ring (bicyclic) bond motifs is 3. The maximum atomic E-state index is 11.8. The van der Waals surface area contributed by atoms with E-state index in [2.05, 4.69) is 20.2 Å². The van der Waals surface area contributed by atoms with Crippen molar-refractivity contribution in [2.24, 2.45) is 7.05 Å². The van der Waals surface area contributed by atoms with Crippen molar-refractivity contribution in [2.45, 2.75) is 20.4 Å². The molecule has 9 heteroatoms. The number of aryl methyl sites for hydroxylation is 1. The number of amides is 1. The number of aromatic amines is 1. The van der Waals surface area contributed by atoms with Crippen LogP contribution in [0.4, 0.5) is 5.82 Å². The molecule has 0 saturated heterocycles. The summed E-state index contributed by atoms with van der Waals surface area (Å²) in [5.41, 5.74) is 9.48. The molecule has 4 aromatic rings. The number of aromatic nitrogens is 5. The number of imidazole rings is 1. The van der Waals surface area contributed by atoms with Crippen LogP contribution >= 0.6 is 11.3 Å². The first-order chi connectivity index (χ1) is 12.5. The van der Waals surface area contributed by atoms with Crippen LogP contribution in [0.3, 0.4) is 0 Å². The third-order valence-corrected chi connectivity index (χ3v) is 5.66. The fraction of sp³-hybridized carbons (Fsp3) is 0.294. The van der Waals surface area contributed by atoms with Crippen molar-refractivity contribution in [1.29, 1.82) is 0 Å². The second-order valence-corrected chi connectivity index (χ2v) is 7.15. The molecule has 0 fully saturated rings. The summed E-state index contributed by atoms with van der Waals surface area (Å²) in [4.78, 5) is 23.7. The summed E-state index contributed by atoms with van der Waals surface area (Å²) in [5.74, 6) is 1.20. The Bertz CT molecular complexity index is 1110. The molecule has 4 rings (SSSR count). The minimum Gasteiger partial charge on any atom is -0.382 e. The molecule has 134 valence electrons. The van der Waals surface area contributed by atoms with Gasteiger partial charge in [0.25, 0.3) is 0 Å². The minimum atomic E-state index is 0.0211. The van der Waals surface area contributed by atoms with Crippen LogP contribution in [0.1, 0.15) is 19.7 Å². The first-order valence-corrected chi connectivity index (χ1v) is 9.11. The molecule has 8 nitrogen and oxygen atoms in total. The number of nitrogens with two attached hydrogens (primary N) is 1. The summed E-state index contributed by atoms with van der Waals surface area (Å²) in [7, 11) is 1.95. The number of carbonyl (C=O) groups is 1. The van der Waals surface area contributed by atoms with Crippen molar-refractivity contribution < 1.29 is 4.79 Å². The van der Waals surface area contributed by atoms with E-state index in [4.69, 9.17) is 5.73 Å². The molecule has 0 atom stereocenters. The van der Waals surface area contributed by atoms with E-state index in [-0.39, 0.29) is 5.91 Å². The van der Waals surface area contributed by atoms with Gasteiger partial charge in [-0.05, 0) is 19.1 Å². The maximum absolute atomic E-state index is 11.8. The van der Waals surface area contributed by atoms with Crippen LogP contribution in [0.5, 0.6) is 0 Å². The third kappa shape index (κ3) is 2.51. The number of nitrogens with zero attached hydrogens (tertiary/aromatic N) is 5. The van der Waals surface area contributed by atoms with E-state index in [1.807, 2.05) is 30.7 Å². The van der Waals surface area contributed by atoms with Gasteiger partial charge < -0.3 is 15.2 Å². The van der Waals surface area contributed by atoms with Gasteiger partial charge in [-0.1, -0.05) is 0 Å². The molecule has 0 spiro atoms. The van der Waals surface area contributed by atoms with E-state index in [0.29, 0.717) is 24.4 Å². The Morgan fingerprint density at radius 1 is 1.42 bits per heavy atom. The quantitative estimate of drug-likeness (QED) is 0.575. The zero-order valence-electron chi connectivity index (χ0n) is 14.8. The number of carbonyl (C=O) groups excluding carboxylic acids is 1. The molecule has 4 aromatic heterocycles. The van der Waals surface area contributed by atoms with Crippen molar-refractivity contribution in [3.8, 4) is 10.6 Å². The number of thiophene rings is 1. The number of anilines is 1. The number of nitrogens with one attached hydrogen (secondary N) is 1. The SMILES string of the molecule is CCN(Cc1nc2c(N)nc3cc(-c4cc[nH]n4)sc3c2n1C)C(C)=O. The largest absolute Gasteiger partial charge is 0.382 e. The first kappa shape index (κ1) is 16.5. The van der Waals surface area contributed by atoms with Crippen molar-refractivity contribution >= 4 is 44.3 Å². The number of H-pyrrole nitrogens is 1. The van der Waals surface area contributed by atoms with Crippen molar-refractivity contribution in [3.63, 3.8) is 0 Å². The van der Waals surface area contributed by atoms with E-state index in [9.17, 15) is 4.79 Å². The molecule has 0 bridgehead atoms. The molecule has 0 radical (unpaired) electrons. The van der Waals surface area contributed by atoms with Crippen molar-refractivity contribution in [1.82, 2.24) is 29.6 Å². The standard InChI is InChI=1S/C17H19N7OS/c1-4-24(9(2)25)8-13-21-14-15(23(13)3)16-11(20-17(14)18)7-12(26-16)10-5-6-19-22-10/h5-7H,4,8H2,1-3H3,(H2,18,20)(H,19,22). The average molecular weight is 369 g/mol. The summed E-state index contributed by atoms with van der Waals surface area (Å²) in [6.07, 6.45) is 1.79. The van der Waals surface area contributed by atoms with Gasteiger partial charge in [-0.25, -0.2) is 9.97 Å². The molecule has 0 aromatic carbocycles. The molecule has 0 aliphatic carbocycles. The van der Waals surface area contributed by atoms with Crippen LogP contribution < -0.4 is 5.73 Å². The molecule has 1 amide bonds. The smallest absolute Gasteiger partial charge is 0.219 e. The predicted molar refractivity (Wildman–Crippen MR) is 103 cm³/mol. The molecular formula is C17H19N7OS. The monoisotopic (exact) mass is 369 g/mol. The van der Waals surface area contributed by atoms with E-state index >= 15 is 0 Å². The molecule has 0 aliphatic rings. The van der Waals surface area contributed by atoms with Gasteiger partial charge in [-0.2, -0.15) is 5.10 Å². The van der Waals surface area contributed by atoms with Crippen molar-refractivity contribution in [2.75, 3.05) is 12.3 Å². The van der Waals surface area contributed by atoms with Crippen LogP contribution in [-0.4, -0.2) is 42.1 Å². The highest BCUT2D eigenvalue weighted by Crippen LogP contribution is 2.37. The molecule has 4 heterocycles. The number of hydrogen-bond acceptors (Lipinski definition) is 6. The van der Waals surface area contributed by atoms with Gasteiger partial charge in [0.15, 0.2) is 5.82 Å². The van der Waals surface area contributed by atoms with Gasteiger partial charge in [0.2, 0.25) is 5.91 Å². The Labute approximate surface area is 153 Å². The Kier molecular flexibility index (Phi) is 3.87. The summed E-state index contributed by atoms with van der Waals surface area (Å²) >= 11 is 1.61. The average Bonchev–Trinajstić information content (AvgIpc) is 3.31. The normalized spacial score (nSPS) is 11.5. The second kappa shape index (κ2) is 6.10. The zero-order chi connectivity index (χ0) is 18.4. The van der Waals surface area contributed by atoms with Crippen LogP contribution in [0.25, 0.3) is 31.8 Å². The number of hydrogen-bond donors (Lipinski definition) is 2. The first-order valence-electron chi connectivity index (χ1n) is 8.29. The van der Waals surface area contributed by atoms with Gasteiger partial charge in [-0.15, -0.1) is 11.3 Å². The summed E-state index contributed by atoms with van der Waals surface area (Å²) in [6.45, 7) is 4.59. The topological polar surface area (TPSA) is 106 Å². The molecule has 3 N–H and O–H groups in total. The fourth-order valence-electron chi connectivity index (χ4n) is 3.08. The summed E-state index contributed by atoms with van der Waals surface area (Å²) < 4.78 is 3.02. The van der Waals surface area contributed by atoms with E-state index in [1.54, 1.807) is 29.4 Å². The summed E-state index contributed by atoms with van der Waals surface area (Å²) in [5, 5.41) is 7.07. The zero-order valence-corrected chi connectivity index (χ0v) is 15.6. The number of pyridine rings is 1. The number of nitrogen functional groups attached to an aromatic ring is 1. The Balaban J connectivity index is 1.91. The molecular weight excluding hydrogens is 350 g/mol. The van der Waals surface area contributed by atoms with Gasteiger partial charge in [-0.3, -0.25) is 9.89 Å². The van der Waals surface area contributed by atoms with Crippen LogP contribution in [0, 0.1) is 0 Å². The van der Waals surface area contributed by atoms with Gasteiger partial charge in [0.1, 0.15) is 17.0 Å². The summed E-state index contributed by atoms with van der Waals surface area (Å²) in [6, 6.07) is 3.92. The molecule has 0 saturated carbocycles. The minimum absolute atomic E-state index is 0.0211. The lowest BCUT2D eigenvalue weighted by atomic mass is 10.3. The Morgan fingerprint density at radius 2 is 2.23 bits per heavy atom. The lowest BCUT2D eigenvalue weighted by molar-refractivity contribution is -0.129. The molecule has 26 heavy (non-hydrogen) atoms. The van der Waals surface area contributed by atoms with E-state index in [0.717, 1.165) is 32.1 Å². The Morgan fingerprint density at radius 3 is 2.88 bits per heavy atom. The lowest BCUT2D eigenvalue weighted by Gasteiger charge is -2.18. The van der Waals surface area contributed by atoms with Crippen LogP contribution in [-0.2, 0) is 18.4 Å². The maximum Gasteiger partial charge on any atom is 0.219 e. The van der Waals surface area contributed by atoms with Gasteiger partial charge in [0.05, 0.1) is 27.2 Å². The number of rotatable bonds is 4. The Hall–Kier alpha value is -2.94. The third-order valence-electron chi connectivity index (χ3n) is 4.51. The van der Waals surface area contributed by atoms with E-state index < -0.39 is 0 Å². The highest BCUT2D eigenvalue weighted by atomic mass is 32.1. The molecule has 0 aliphatic heterocycles. The fourth-order valence-corrected chi connectivity index (χ4v) is 4.23.